The second-order valence-corrected chi connectivity index (χ2v) is 9.35. The number of benzene rings is 2. The van der Waals surface area contributed by atoms with Crippen LogP contribution in [-0.4, -0.2) is 35.8 Å². The van der Waals surface area contributed by atoms with E-state index in [2.05, 4.69) is 10.6 Å². The SMILES string of the molecule is CC(C)C1(c2ccc(C(=O)N3CCC(c4coc5cc(F)ccc45)CC3)cc2)NC(=O)NC1=O. The lowest BCUT2D eigenvalue weighted by atomic mass is 9.79. The van der Waals surface area contributed by atoms with Crippen LogP contribution in [0.5, 0.6) is 0 Å². The number of rotatable bonds is 4. The van der Waals surface area contributed by atoms with Crippen LogP contribution in [0.1, 0.15) is 54.1 Å². The first-order valence-electron chi connectivity index (χ1n) is 11.5. The molecule has 2 aliphatic heterocycles. The fourth-order valence-electron chi connectivity index (χ4n) is 5.20. The molecule has 2 fully saturated rings. The zero-order valence-corrected chi connectivity index (χ0v) is 19.1. The van der Waals surface area contributed by atoms with Crippen LogP contribution in [0, 0.1) is 11.7 Å². The smallest absolute Gasteiger partial charge is 0.322 e. The monoisotopic (exact) mass is 463 g/mol. The van der Waals surface area contributed by atoms with Crippen molar-refractivity contribution in [2.45, 2.75) is 38.1 Å². The molecule has 3 aromatic rings. The third-order valence-electron chi connectivity index (χ3n) is 7.14. The van der Waals surface area contributed by atoms with Crippen LogP contribution in [-0.2, 0) is 10.3 Å². The third kappa shape index (κ3) is 3.54. The van der Waals surface area contributed by atoms with Gasteiger partial charge in [-0.3, -0.25) is 14.9 Å². The van der Waals surface area contributed by atoms with Gasteiger partial charge < -0.3 is 14.6 Å². The maximum absolute atomic E-state index is 13.5. The average molecular weight is 464 g/mol. The van der Waals surface area contributed by atoms with Gasteiger partial charge in [0.25, 0.3) is 11.8 Å². The van der Waals surface area contributed by atoms with Crippen molar-refractivity contribution in [2.75, 3.05) is 13.1 Å². The number of amides is 4. The van der Waals surface area contributed by atoms with Gasteiger partial charge in [0.1, 0.15) is 16.9 Å². The Morgan fingerprint density at radius 3 is 2.44 bits per heavy atom. The summed E-state index contributed by atoms with van der Waals surface area (Å²) < 4.78 is 19.0. The van der Waals surface area contributed by atoms with Gasteiger partial charge in [0.15, 0.2) is 0 Å². The van der Waals surface area contributed by atoms with Crippen molar-refractivity contribution in [1.82, 2.24) is 15.5 Å². The summed E-state index contributed by atoms with van der Waals surface area (Å²) in [4.78, 5) is 39.3. The van der Waals surface area contributed by atoms with E-state index in [1.807, 2.05) is 18.7 Å². The zero-order valence-electron chi connectivity index (χ0n) is 19.1. The second-order valence-electron chi connectivity index (χ2n) is 9.35. The molecule has 2 aromatic carbocycles. The first kappa shape index (κ1) is 22.1. The maximum atomic E-state index is 13.5. The topological polar surface area (TPSA) is 91.7 Å². The molecule has 1 unspecified atom stereocenters. The summed E-state index contributed by atoms with van der Waals surface area (Å²) in [6, 6.07) is 11.0. The summed E-state index contributed by atoms with van der Waals surface area (Å²) in [5.74, 6) is -0.704. The molecule has 0 radical (unpaired) electrons. The summed E-state index contributed by atoms with van der Waals surface area (Å²) in [6.07, 6.45) is 3.28. The van der Waals surface area contributed by atoms with E-state index >= 15 is 0 Å². The van der Waals surface area contributed by atoms with Crippen LogP contribution >= 0.6 is 0 Å². The fraction of sp³-hybridized carbons (Fsp3) is 0.346. The Balaban J connectivity index is 1.28. The Kier molecular flexibility index (Phi) is 5.38. The molecule has 5 rings (SSSR count). The zero-order chi connectivity index (χ0) is 24.0. The Labute approximate surface area is 196 Å². The molecule has 0 saturated carbocycles. The standard InChI is InChI=1S/C26H26FN3O4/c1-15(2)26(24(32)28-25(33)29-26)18-5-3-17(4-6-18)23(31)30-11-9-16(10-12-30)21-14-34-22-13-19(27)7-8-20(21)22/h3-8,13-16H,9-12H2,1-2H3,(H2,28,29,32,33). The largest absolute Gasteiger partial charge is 0.464 e. The number of imide groups is 1. The van der Waals surface area contributed by atoms with Gasteiger partial charge in [-0.2, -0.15) is 0 Å². The summed E-state index contributed by atoms with van der Waals surface area (Å²) in [5, 5.41) is 5.99. The van der Waals surface area contributed by atoms with E-state index in [1.165, 1.54) is 12.1 Å². The molecular formula is C26H26FN3O4. The van der Waals surface area contributed by atoms with Gasteiger partial charge in [-0.1, -0.05) is 26.0 Å². The lowest BCUT2D eigenvalue weighted by Gasteiger charge is -2.32. The van der Waals surface area contributed by atoms with Crippen LogP contribution < -0.4 is 10.6 Å². The molecular weight excluding hydrogens is 437 g/mol. The number of furan rings is 1. The summed E-state index contributed by atoms with van der Waals surface area (Å²) in [7, 11) is 0. The molecule has 34 heavy (non-hydrogen) atoms. The fourth-order valence-corrected chi connectivity index (χ4v) is 5.20. The highest BCUT2D eigenvalue weighted by atomic mass is 19.1. The van der Waals surface area contributed by atoms with E-state index in [-0.39, 0.29) is 29.5 Å². The predicted octanol–water partition coefficient (Wildman–Crippen LogP) is 4.28. The normalized spacial score (nSPS) is 21.2. The van der Waals surface area contributed by atoms with Crippen LogP contribution in [0.3, 0.4) is 0 Å². The molecule has 1 aromatic heterocycles. The van der Waals surface area contributed by atoms with E-state index in [0.717, 1.165) is 23.8 Å². The van der Waals surface area contributed by atoms with Crippen molar-refractivity contribution in [1.29, 1.82) is 0 Å². The minimum atomic E-state index is -1.15. The Hall–Kier alpha value is -3.68. The highest BCUT2D eigenvalue weighted by Crippen LogP contribution is 2.36. The van der Waals surface area contributed by atoms with Gasteiger partial charge in [-0.25, -0.2) is 9.18 Å². The Morgan fingerprint density at radius 2 is 1.82 bits per heavy atom. The van der Waals surface area contributed by atoms with Gasteiger partial charge in [0, 0.05) is 35.7 Å². The Bertz CT molecular complexity index is 1270. The number of halogens is 1. The molecule has 2 N–H and O–H groups in total. The number of nitrogens with one attached hydrogen (secondary N) is 2. The summed E-state index contributed by atoms with van der Waals surface area (Å²) in [6.45, 7) is 4.95. The molecule has 2 saturated heterocycles. The number of likely N-dealkylation sites (tertiary alicyclic amines) is 1. The number of urea groups is 1. The van der Waals surface area contributed by atoms with Gasteiger partial charge in [0.05, 0.1) is 6.26 Å². The quantitative estimate of drug-likeness (QED) is 0.565. The van der Waals surface area contributed by atoms with E-state index < -0.39 is 11.6 Å². The van der Waals surface area contributed by atoms with Crippen LogP contribution in [0.4, 0.5) is 9.18 Å². The molecule has 176 valence electrons. The lowest BCUT2D eigenvalue weighted by Crippen LogP contribution is -2.48. The van der Waals surface area contributed by atoms with Crippen molar-refractivity contribution in [3.05, 3.63) is 71.2 Å². The highest BCUT2D eigenvalue weighted by Gasteiger charge is 2.50. The molecule has 0 spiro atoms. The van der Waals surface area contributed by atoms with Crippen molar-refractivity contribution in [3.8, 4) is 0 Å². The Morgan fingerprint density at radius 1 is 1.12 bits per heavy atom. The molecule has 8 heteroatoms. The summed E-state index contributed by atoms with van der Waals surface area (Å²) >= 11 is 0. The van der Waals surface area contributed by atoms with E-state index in [4.69, 9.17) is 4.42 Å². The first-order chi connectivity index (χ1) is 16.3. The van der Waals surface area contributed by atoms with Crippen LogP contribution in [0.2, 0.25) is 0 Å². The van der Waals surface area contributed by atoms with Crippen molar-refractivity contribution >= 4 is 28.8 Å². The highest BCUT2D eigenvalue weighted by molar-refractivity contribution is 6.07. The van der Waals surface area contributed by atoms with Gasteiger partial charge in [-0.15, -0.1) is 0 Å². The number of fused-ring (bicyclic) bond motifs is 1. The molecule has 0 aliphatic carbocycles. The van der Waals surface area contributed by atoms with Gasteiger partial charge >= 0.3 is 6.03 Å². The minimum Gasteiger partial charge on any atom is -0.464 e. The first-order valence-corrected chi connectivity index (χ1v) is 11.5. The van der Waals surface area contributed by atoms with Crippen molar-refractivity contribution < 1.29 is 23.2 Å². The molecule has 2 aliphatic rings. The maximum Gasteiger partial charge on any atom is 0.322 e. The van der Waals surface area contributed by atoms with Gasteiger partial charge in [-0.05, 0) is 54.5 Å². The van der Waals surface area contributed by atoms with Crippen molar-refractivity contribution in [3.63, 3.8) is 0 Å². The lowest BCUT2D eigenvalue weighted by molar-refractivity contribution is -0.125. The van der Waals surface area contributed by atoms with E-state index in [0.29, 0.717) is 29.8 Å². The van der Waals surface area contributed by atoms with Crippen LogP contribution in [0.25, 0.3) is 11.0 Å². The predicted molar refractivity (Wildman–Crippen MR) is 124 cm³/mol. The number of piperidine rings is 1. The number of carbonyl (C=O) groups excluding carboxylic acids is 3. The number of hydrogen-bond donors (Lipinski definition) is 2. The number of hydrogen-bond acceptors (Lipinski definition) is 4. The molecule has 0 bridgehead atoms. The number of nitrogens with zero attached hydrogens (tertiary/aromatic N) is 1. The minimum absolute atomic E-state index is 0.0670. The van der Waals surface area contributed by atoms with Crippen molar-refractivity contribution in [2.24, 2.45) is 5.92 Å². The average Bonchev–Trinajstić information content (AvgIpc) is 3.38. The molecule has 4 amide bonds. The van der Waals surface area contributed by atoms with Crippen LogP contribution in [0.15, 0.2) is 53.1 Å². The number of carbonyl (C=O) groups is 3. The van der Waals surface area contributed by atoms with Gasteiger partial charge in [0.2, 0.25) is 0 Å². The van der Waals surface area contributed by atoms with E-state index in [1.54, 1.807) is 36.6 Å². The molecule has 3 heterocycles. The second kappa shape index (κ2) is 8.27. The third-order valence-corrected chi connectivity index (χ3v) is 7.14. The molecule has 7 nitrogen and oxygen atoms in total. The molecule has 1 atom stereocenters. The summed E-state index contributed by atoms with van der Waals surface area (Å²) in [5.41, 5.74) is 1.63. The van der Waals surface area contributed by atoms with E-state index in [9.17, 15) is 18.8 Å².